The lowest BCUT2D eigenvalue weighted by Gasteiger charge is -2.31. The number of benzene rings is 1. The third kappa shape index (κ3) is 0.909. The first kappa shape index (κ1) is 7.68. The molecule has 0 saturated heterocycles. The summed E-state index contributed by atoms with van der Waals surface area (Å²) in [4.78, 5) is 2.18. The molecule has 2 aliphatic heterocycles. The van der Waals surface area contributed by atoms with Gasteiger partial charge in [0.2, 0.25) is 0 Å². The normalized spacial score (nSPS) is 17.2. The van der Waals surface area contributed by atoms with Gasteiger partial charge in [0.05, 0.1) is 11.4 Å². The fraction of sp³-hybridized carbons (Fsp3) is 0.167. The van der Waals surface area contributed by atoms with Crippen LogP contribution >= 0.6 is 0 Å². The molecule has 0 aromatic heterocycles. The third-order valence-electron chi connectivity index (χ3n) is 2.65. The van der Waals surface area contributed by atoms with Gasteiger partial charge < -0.3 is 9.64 Å². The van der Waals surface area contributed by atoms with Crippen molar-refractivity contribution in [3.8, 4) is 5.75 Å². The van der Waals surface area contributed by atoms with Crippen LogP contribution in [0.4, 0.5) is 5.69 Å². The van der Waals surface area contributed by atoms with E-state index < -0.39 is 0 Å². The molecule has 2 heteroatoms. The fourth-order valence-corrected chi connectivity index (χ4v) is 1.96. The van der Waals surface area contributed by atoms with E-state index in [0.29, 0.717) is 0 Å². The molecule has 0 radical (unpaired) electrons. The van der Waals surface area contributed by atoms with E-state index in [1.165, 1.54) is 11.3 Å². The molecule has 0 aliphatic carbocycles. The Morgan fingerprint density at radius 1 is 1.36 bits per heavy atom. The summed E-state index contributed by atoms with van der Waals surface area (Å²) in [5, 5.41) is 0. The van der Waals surface area contributed by atoms with Crippen molar-refractivity contribution in [1.82, 2.24) is 0 Å². The van der Waals surface area contributed by atoms with Gasteiger partial charge in [0, 0.05) is 6.20 Å². The van der Waals surface area contributed by atoms with Crippen LogP contribution in [0.3, 0.4) is 0 Å². The van der Waals surface area contributed by atoms with Gasteiger partial charge in [-0.3, -0.25) is 0 Å². The first-order valence-electron chi connectivity index (χ1n) is 4.77. The number of rotatable bonds is 0. The molecule has 3 rings (SSSR count). The van der Waals surface area contributed by atoms with E-state index in [1.54, 1.807) is 6.26 Å². The van der Waals surface area contributed by atoms with Gasteiger partial charge in [0.1, 0.15) is 6.26 Å². The van der Waals surface area contributed by atoms with Gasteiger partial charge in [-0.2, -0.15) is 0 Å². The van der Waals surface area contributed by atoms with E-state index in [2.05, 4.69) is 30.2 Å². The fourth-order valence-electron chi connectivity index (χ4n) is 1.96. The van der Waals surface area contributed by atoms with Crippen LogP contribution in [0.1, 0.15) is 12.5 Å². The van der Waals surface area contributed by atoms with E-state index in [-0.39, 0.29) is 0 Å². The molecule has 1 aromatic carbocycles. The molecular weight excluding hydrogens is 174 g/mol. The SMILES string of the molecule is CC1=COc2cccc3c2N1C=CC3. The van der Waals surface area contributed by atoms with Crippen LogP contribution in [-0.4, -0.2) is 0 Å². The average molecular weight is 185 g/mol. The monoisotopic (exact) mass is 185 g/mol. The standard InChI is InChI=1S/C12H11NO/c1-9-8-14-11-6-2-4-10-5-3-7-13(9)12(10)11/h2-4,6-8H,5H2,1H3. The minimum Gasteiger partial charge on any atom is -0.461 e. The highest BCUT2D eigenvalue weighted by molar-refractivity contribution is 5.72. The zero-order chi connectivity index (χ0) is 9.54. The van der Waals surface area contributed by atoms with Gasteiger partial charge in [0.25, 0.3) is 0 Å². The number of nitrogens with zero attached hydrogens (tertiary/aromatic N) is 1. The molecule has 0 bridgehead atoms. The highest BCUT2D eigenvalue weighted by Crippen LogP contribution is 2.40. The van der Waals surface area contributed by atoms with Gasteiger partial charge in [-0.25, -0.2) is 0 Å². The van der Waals surface area contributed by atoms with Crippen LogP contribution in [-0.2, 0) is 6.42 Å². The Hall–Kier alpha value is -1.70. The molecule has 0 amide bonds. The lowest BCUT2D eigenvalue weighted by Crippen LogP contribution is -2.22. The first-order valence-corrected chi connectivity index (χ1v) is 4.77. The van der Waals surface area contributed by atoms with Crippen LogP contribution in [0.25, 0.3) is 0 Å². The van der Waals surface area contributed by atoms with Crippen molar-refractivity contribution >= 4 is 5.69 Å². The van der Waals surface area contributed by atoms with Crippen LogP contribution in [0.2, 0.25) is 0 Å². The van der Waals surface area contributed by atoms with E-state index in [4.69, 9.17) is 4.74 Å². The Morgan fingerprint density at radius 2 is 2.29 bits per heavy atom. The second-order valence-corrected chi connectivity index (χ2v) is 3.60. The number of anilines is 1. The predicted molar refractivity (Wildman–Crippen MR) is 56.2 cm³/mol. The second-order valence-electron chi connectivity index (χ2n) is 3.60. The number of allylic oxidation sites excluding steroid dienone is 2. The van der Waals surface area contributed by atoms with Crippen LogP contribution in [0.5, 0.6) is 5.75 Å². The summed E-state index contributed by atoms with van der Waals surface area (Å²) in [6, 6.07) is 6.20. The van der Waals surface area contributed by atoms with E-state index in [1.807, 2.05) is 12.1 Å². The van der Waals surface area contributed by atoms with Crippen molar-refractivity contribution in [1.29, 1.82) is 0 Å². The maximum absolute atomic E-state index is 5.54. The summed E-state index contributed by atoms with van der Waals surface area (Å²) in [7, 11) is 0. The predicted octanol–water partition coefficient (Wildman–Crippen LogP) is 2.82. The summed E-state index contributed by atoms with van der Waals surface area (Å²) in [5.41, 5.74) is 3.66. The van der Waals surface area contributed by atoms with Gasteiger partial charge in [-0.15, -0.1) is 0 Å². The first-order chi connectivity index (χ1) is 6.86. The zero-order valence-corrected chi connectivity index (χ0v) is 8.03. The molecule has 2 aliphatic rings. The van der Waals surface area contributed by atoms with Crippen molar-refractivity contribution in [3.63, 3.8) is 0 Å². The summed E-state index contributed by atoms with van der Waals surface area (Å²) in [5.74, 6) is 0.956. The molecular formula is C12H11NO. The van der Waals surface area contributed by atoms with Gasteiger partial charge in [-0.05, 0) is 25.0 Å². The number of hydrogen-bond donors (Lipinski definition) is 0. The topological polar surface area (TPSA) is 12.5 Å². The maximum atomic E-state index is 5.54. The molecule has 0 spiro atoms. The van der Waals surface area contributed by atoms with E-state index >= 15 is 0 Å². The van der Waals surface area contributed by atoms with Crippen molar-refractivity contribution in [2.45, 2.75) is 13.3 Å². The maximum Gasteiger partial charge on any atom is 0.150 e. The average Bonchev–Trinajstić information content (AvgIpc) is 2.24. The third-order valence-corrected chi connectivity index (χ3v) is 2.65. The molecule has 14 heavy (non-hydrogen) atoms. The highest BCUT2D eigenvalue weighted by Gasteiger charge is 2.21. The van der Waals surface area contributed by atoms with Crippen molar-refractivity contribution in [2.75, 3.05) is 4.90 Å². The molecule has 0 fully saturated rings. The molecule has 70 valence electrons. The zero-order valence-electron chi connectivity index (χ0n) is 8.03. The summed E-state index contributed by atoms with van der Waals surface area (Å²) in [6.07, 6.45) is 7.08. The van der Waals surface area contributed by atoms with Crippen molar-refractivity contribution in [3.05, 3.63) is 48.0 Å². The molecule has 0 N–H and O–H groups in total. The lowest BCUT2D eigenvalue weighted by atomic mass is 10.0. The molecule has 1 aromatic rings. The Morgan fingerprint density at radius 3 is 3.21 bits per heavy atom. The molecule has 0 saturated carbocycles. The Bertz CT molecular complexity index is 446. The largest absolute Gasteiger partial charge is 0.461 e. The smallest absolute Gasteiger partial charge is 0.150 e. The number of ether oxygens (including phenoxy) is 1. The summed E-state index contributed by atoms with van der Waals surface area (Å²) < 4.78 is 5.54. The van der Waals surface area contributed by atoms with Crippen LogP contribution < -0.4 is 9.64 Å². The Balaban J connectivity index is 2.26. The summed E-state index contributed by atoms with van der Waals surface area (Å²) in [6.45, 7) is 2.05. The van der Waals surface area contributed by atoms with Crippen LogP contribution in [0, 0.1) is 0 Å². The van der Waals surface area contributed by atoms with E-state index in [9.17, 15) is 0 Å². The highest BCUT2D eigenvalue weighted by atomic mass is 16.5. The van der Waals surface area contributed by atoms with Crippen molar-refractivity contribution < 1.29 is 4.74 Å². The Kier molecular flexibility index (Phi) is 1.45. The second kappa shape index (κ2) is 2.64. The number of para-hydroxylation sites is 1. The molecule has 2 heterocycles. The lowest BCUT2D eigenvalue weighted by molar-refractivity contribution is 0.464. The van der Waals surface area contributed by atoms with Gasteiger partial charge in [0.15, 0.2) is 5.75 Å². The van der Waals surface area contributed by atoms with Crippen molar-refractivity contribution in [2.24, 2.45) is 0 Å². The molecule has 2 nitrogen and oxygen atoms in total. The number of hydrogen-bond acceptors (Lipinski definition) is 2. The molecule has 0 atom stereocenters. The van der Waals surface area contributed by atoms with Gasteiger partial charge >= 0.3 is 0 Å². The van der Waals surface area contributed by atoms with Gasteiger partial charge in [-0.1, -0.05) is 18.2 Å². The minimum absolute atomic E-state index is 0.956. The quantitative estimate of drug-likeness (QED) is 0.616. The minimum atomic E-state index is 0.956. The van der Waals surface area contributed by atoms with Crippen LogP contribution in [0.15, 0.2) is 42.4 Å². The molecule has 0 unspecified atom stereocenters. The summed E-state index contributed by atoms with van der Waals surface area (Å²) >= 11 is 0. The Labute approximate surface area is 83.1 Å². The van der Waals surface area contributed by atoms with E-state index in [0.717, 1.165) is 17.9 Å².